The van der Waals surface area contributed by atoms with Gasteiger partial charge >= 0.3 is 0 Å². The van der Waals surface area contributed by atoms with Gasteiger partial charge in [-0.2, -0.15) is 5.11 Å². The van der Waals surface area contributed by atoms with Crippen LogP contribution in [-0.2, 0) is 4.79 Å². The number of hydrogen-bond donors (Lipinski definition) is 1. The molecule has 0 aliphatic carbocycles. The third-order valence-electron chi connectivity index (χ3n) is 4.03. The predicted octanol–water partition coefficient (Wildman–Crippen LogP) is 3.65. The van der Waals surface area contributed by atoms with Crippen LogP contribution in [0.15, 0.2) is 69.0 Å². The average molecular weight is 317 g/mol. The van der Waals surface area contributed by atoms with Crippen molar-refractivity contribution in [3.8, 4) is 0 Å². The maximum absolute atomic E-state index is 12.1. The number of benzene rings is 2. The zero-order chi connectivity index (χ0) is 16.5. The number of carbonyl (C=O) groups excluding carboxylic acids is 1. The summed E-state index contributed by atoms with van der Waals surface area (Å²) in [6, 6.07) is 15.7. The van der Waals surface area contributed by atoms with Gasteiger partial charge in [0.05, 0.1) is 5.69 Å². The highest BCUT2D eigenvalue weighted by Gasteiger charge is 2.26. The lowest BCUT2D eigenvalue weighted by molar-refractivity contribution is -0.110. The number of nitrogens with one attached hydrogen (secondary N) is 1. The van der Waals surface area contributed by atoms with Gasteiger partial charge in [-0.15, -0.1) is 15.3 Å². The number of fused-ring (bicyclic) bond motifs is 1. The monoisotopic (exact) mass is 317 g/mol. The molecule has 118 valence electrons. The topological polar surface area (TPSA) is 78.5 Å². The summed E-state index contributed by atoms with van der Waals surface area (Å²) in [6.45, 7) is 1.97. The third kappa shape index (κ3) is 2.62. The number of nitrogens with zero attached hydrogens (tertiary/aromatic N) is 4. The van der Waals surface area contributed by atoms with Crippen LogP contribution >= 0.6 is 0 Å². The number of aryl methyl sites for hydroxylation is 1. The average Bonchev–Trinajstić information content (AvgIpc) is 3.18. The Bertz CT molecular complexity index is 899. The molecule has 6 nitrogen and oxygen atoms in total. The van der Waals surface area contributed by atoms with Gasteiger partial charge in [-0.25, -0.2) is 0 Å². The zero-order valence-electron chi connectivity index (χ0n) is 13.1. The first-order valence-electron chi connectivity index (χ1n) is 7.73. The Morgan fingerprint density at radius 2 is 1.96 bits per heavy atom. The smallest absolute Gasteiger partial charge is 0.276 e. The maximum Gasteiger partial charge on any atom is 0.276 e. The minimum Gasteiger partial charge on any atom is -0.320 e. The second-order valence-corrected chi connectivity index (χ2v) is 5.81. The van der Waals surface area contributed by atoms with Gasteiger partial charge < -0.3 is 5.32 Å². The number of carbonyl (C=O) groups is 1. The van der Waals surface area contributed by atoms with Gasteiger partial charge in [0, 0.05) is 12.0 Å². The van der Waals surface area contributed by atoms with Crippen LogP contribution in [0.2, 0.25) is 0 Å². The summed E-state index contributed by atoms with van der Waals surface area (Å²) in [5.74, 6) is 0.291. The Balaban J connectivity index is 1.58. The van der Waals surface area contributed by atoms with Crippen molar-refractivity contribution in [2.45, 2.75) is 19.4 Å². The van der Waals surface area contributed by atoms with E-state index in [1.165, 1.54) is 0 Å². The quantitative estimate of drug-likeness (QED) is 0.843. The van der Waals surface area contributed by atoms with Crippen LogP contribution in [-0.4, -0.2) is 17.5 Å². The molecule has 2 aromatic carbocycles. The fourth-order valence-electron chi connectivity index (χ4n) is 2.79. The van der Waals surface area contributed by atoms with Crippen molar-refractivity contribution in [3.63, 3.8) is 0 Å². The van der Waals surface area contributed by atoms with Gasteiger partial charge in [-0.1, -0.05) is 42.0 Å². The van der Waals surface area contributed by atoms with Crippen molar-refractivity contribution in [2.24, 2.45) is 20.4 Å². The van der Waals surface area contributed by atoms with Crippen molar-refractivity contribution in [2.75, 3.05) is 5.32 Å². The standard InChI is InChI=1S/C18H15N5O/c1-11-7-8-14-13(9-11)17(18(24)19-14)23-22-16-10-15(20-21-16)12-5-3-2-4-6-12/h2-9,15H,10H2,1H3,(H,19,23,24)/b22-16+. The molecule has 0 radical (unpaired) electrons. The maximum atomic E-state index is 12.1. The van der Waals surface area contributed by atoms with E-state index in [0.717, 1.165) is 22.4 Å². The normalized spacial score (nSPS) is 22.2. The highest BCUT2D eigenvalue weighted by atomic mass is 16.2. The van der Waals surface area contributed by atoms with Crippen LogP contribution < -0.4 is 5.32 Å². The van der Waals surface area contributed by atoms with E-state index in [2.05, 4.69) is 25.7 Å². The highest BCUT2D eigenvalue weighted by molar-refractivity contribution is 6.53. The molecule has 6 heteroatoms. The van der Waals surface area contributed by atoms with Crippen molar-refractivity contribution in [3.05, 3.63) is 65.2 Å². The number of hydrogen-bond acceptors (Lipinski definition) is 4. The lowest BCUT2D eigenvalue weighted by Gasteiger charge is -2.03. The molecule has 0 saturated heterocycles. The number of amides is 1. The van der Waals surface area contributed by atoms with Gasteiger partial charge in [0.25, 0.3) is 5.91 Å². The summed E-state index contributed by atoms with van der Waals surface area (Å²) in [7, 11) is 0. The summed E-state index contributed by atoms with van der Waals surface area (Å²) in [5.41, 5.74) is 4.02. The molecular weight excluding hydrogens is 302 g/mol. The van der Waals surface area contributed by atoms with Crippen molar-refractivity contribution >= 4 is 23.1 Å². The van der Waals surface area contributed by atoms with E-state index in [1.807, 2.05) is 55.5 Å². The van der Waals surface area contributed by atoms with E-state index >= 15 is 0 Å². The number of amidine groups is 1. The minimum atomic E-state index is -0.241. The van der Waals surface area contributed by atoms with Crippen LogP contribution in [0.1, 0.15) is 29.2 Å². The molecule has 4 rings (SSSR count). The molecular formula is C18H15N5O. The number of rotatable bonds is 2. The van der Waals surface area contributed by atoms with Crippen LogP contribution in [0.25, 0.3) is 0 Å². The van der Waals surface area contributed by atoms with E-state index in [-0.39, 0.29) is 11.9 Å². The van der Waals surface area contributed by atoms with Crippen LogP contribution in [0.3, 0.4) is 0 Å². The summed E-state index contributed by atoms with van der Waals surface area (Å²) >= 11 is 0. The molecule has 1 amide bonds. The lowest BCUT2D eigenvalue weighted by Crippen LogP contribution is -2.14. The Labute approximate surface area is 139 Å². The highest BCUT2D eigenvalue weighted by Crippen LogP contribution is 2.28. The summed E-state index contributed by atoms with van der Waals surface area (Å²) in [5, 5.41) is 19.4. The molecule has 24 heavy (non-hydrogen) atoms. The molecule has 0 bridgehead atoms. The molecule has 0 spiro atoms. The van der Waals surface area contributed by atoms with Crippen LogP contribution in [0.5, 0.6) is 0 Å². The molecule has 0 fully saturated rings. The summed E-state index contributed by atoms with van der Waals surface area (Å²) in [4.78, 5) is 12.1. The van der Waals surface area contributed by atoms with Gasteiger partial charge in [-0.05, 0) is 24.6 Å². The van der Waals surface area contributed by atoms with Crippen LogP contribution in [0, 0.1) is 6.92 Å². The number of anilines is 1. The first-order valence-corrected chi connectivity index (χ1v) is 7.73. The molecule has 2 aliphatic heterocycles. The zero-order valence-corrected chi connectivity index (χ0v) is 13.1. The molecule has 0 aromatic heterocycles. The Morgan fingerprint density at radius 1 is 1.12 bits per heavy atom. The van der Waals surface area contributed by atoms with Crippen molar-refractivity contribution in [1.29, 1.82) is 0 Å². The third-order valence-corrected chi connectivity index (χ3v) is 4.03. The molecule has 2 aliphatic rings. The van der Waals surface area contributed by atoms with E-state index in [4.69, 9.17) is 0 Å². The van der Waals surface area contributed by atoms with Crippen LogP contribution in [0.4, 0.5) is 5.69 Å². The molecule has 2 heterocycles. The van der Waals surface area contributed by atoms with Crippen molar-refractivity contribution in [1.82, 2.24) is 0 Å². The molecule has 2 aromatic rings. The van der Waals surface area contributed by atoms with Gasteiger partial charge in [0.2, 0.25) is 0 Å². The summed E-state index contributed by atoms with van der Waals surface area (Å²) in [6.07, 6.45) is 0.586. The Morgan fingerprint density at radius 3 is 2.79 bits per heavy atom. The van der Waals surface area contributed by atoms with E-state index in [9.17, 15) is 4.79 Å². The SMILES string of the molecule is Cc1ccc2c(c1)/C(=N\N=C1/CC(c3ccccc3)N=N1)C(=O)N2. The molecule has 1 N–H and O–H groups in total. The van der Waals surface area contributed by atoms with Gasteiger partial charge in [0.15, 0.2) is 11.5 Å². The lowest BCUT2D eigenvalue weighted by atomic mass is 10.1. The van der Waals surface area contributed by atoms with Gasteiger partial charge in [0.1, 0.15) is 6.04 Å². The van der Waals surface area contributed by atoms with E-state index in [1.54, 1.807) is 0 Å². The minimum absolute atomic E-state index is 0.0305. The Kier molecular flexibility index (Phi) is 3.49. The van der Waals surface area contributed by atoms with Crippen molar-refractivity contribution < 1.29 is 4.79 Å². The largest absolute Gasteiger partial charge is 0.320 e. The summed E-state index contributed by atoms with van der Waals surface area (Å²) < 4.78 is 0. The van der Waals surface area contributed by atoms with Gasteiger partial charge in [-0.3, -0.25) is 4.79 Å². The molecule has 1 atom stereocenters. The fourth-order valence-corrected chi connectivity index (χ4v) is 2.79. The van der Waals surface area contributed by atoms with E-state index < -0.39 is 0 Å². The molecule has 1 unspecified atom stereocenters. The molecule has 0 saturated carbocycles. The Hall–Kier alpha value is -3.15. The fraction of sp³-hybridized carbons (Fsp3) is 0.167. The second-order valence-electron chi connectivity index (χ2n) is 5.81. The predicted molar refractivity (Wildman–Crippen MR) is 92.4 cm³/mol. The number of azo groups is 1. The van der Waals surface area contributed by atoms with E-state index in [0.29, 0.717) is 18.0 Å². The second kappa shape index (κ2) is 5.81. The first-order chi connectivity index (χ1) is 11.7. The first kappa shape index (κ1) is 14.4.